The van der Waals surface area contributed by atoms with Gasteiger partial charge in [-0.15, -0.1) is 0 Å². The fourth-order valence-electron chi connectivity index (χ4n) is 2.21. The van der Waals surface area contributed by atoms with Gasteiger partial charge in [0.05, 0.1) is 5.69 Å². The largest absolute Gasteiger partial charge is 0.370 e. The molecule has 0 amide bonds. The zero-order chi connectivity index (χ0) is 14.6. The lowest BCUT2D eigenvalue weighted by Crippen LogP contribution is -2.33. The highest BCUT2D eigenvalue weighted by Crippen LogP contribution is 2.30. The predicted octanol–water partition coefficient (Wildman–Crippen LogP) is 3.39. The van der Waals surface area contributed by atoms with Crippen molar-refractivity contribution in [2.24, 2.45) is 5.92 Å². The average Bonchev–Trinajstić information content (AvgIpc) is 2.37. The van der Waals surface area contributed by atoms with E-state index >= 15 is 0 Å². The van der Waals surface area contributed by atoms with E-state index in [2.05, 4.69) is 39.7 Å². The Morgan fingerprint density at radius 1 is 1.37 bits per heavy atom. The van der Waals surface area contributed by atoms with Crippen LogP contribution in [0.2, 0.25) is 0 Å². The van der Waals surface area contributed by atoms with Crippen LogP contribution in [0.1, 0.15) is 52.1 Å². The van der Waals surface area contributed by atoms with Crippen molar-refractivity contribution < 1.29 is 4.74 Å². The number of aromatic amines is 1. The van der Waals surface area contributed by atoms with E-state index in [1.807, 2.05) is 13.8 Å². The minimum atomic E-state index is -0.508. The molecule has 1 heterocycles. The zero-order valence-corrected chi connectivity index (χ0v) is 13.9. The molecule has 0 aliphatic rings. The Morgan fingerprint density at radius 2 is 1.95 bits per heavy atom. The molecule has 1 aromatic rings. The number of rotatable bonds is 6. The SMILES string of the molecule is CCC(CC)(OC)c1nc(CC(C)C)c(Br)c(=O)[nH]1. The Hall–Kier alpha value is -0.680. The number of aromatic nitrogens is 2. The summed E-state index contributed by atoms with van der Waals surface area (Å²) in [4.78, 5) is 19.5. The maximum Gasteiger partial charge on any atom is 0.265 e. The lowest BCUT2D eigenvalue weighted by Gasteiger charge is -2.29. The molecule has 1 aromatic heterocycles. The highest BCUT2D eigenvalue weighted by molar-refractivity contribution is 9.10. The summed E-state index contributed by atoms with van der Waals surface area (Å²) in [5.74, 6) is 1.07. The van der Waals surface area contributed by atoms with E-state index in [0.29, 0.717) is 16.2 Å². The van der Waals surface area contributed by atoms with Crippen molar-refractivity contribution in [1.82, 2.24) is 9.97 Å². The van der Waals surface area contributed by atoms with E-state index in [9.17, 15) is 4.79 Å². The van der Waals surface area contributed by atoms with Crippen LogP contribution in [0.15, 0.2) is 9.27 Å². The Bertz CT molecular complexity index is 471. The standard InChI is InChI=1S/C14H23BrN2O2/c1-6-14(7-2,19-5)13-16-10(8-9(3)4)11(15)12(18)17-13/h9H,6-8H2,1-5H3,(H,16,17,18). The van der Waals surface area contributed by atoms with Gasteiger partial charge in [-0.25, -0.2) is 4.98 Å². The molecule has 0 unspecified atom stereocenters. The Balaban J connectivity index is 3.37. The molecule has 0 aromatic carbocycles. The fourth-order valence-corrected chi connectivity index (χ4v) is 2.56. The van der Waals surface area contributed by atoms with Crippen molar-refractivity contribution >= 4 is 15.9 Å². The molecule has 0 spiro atoms. The Kier molecular flexibility index (Phi) is 5.74. The summed E-state index contributed by atoms with van der Waals surface area (Å²) in [5, 5.41) is 0. The van der Waals surface area contributed by atoms with Crippen molar-refractivity contribution in [2.45, 2.75) is 52.6 Å². The quantitative estimate of drug-likeness (QED) is 0.869. The molecule has 0 bridgehead atoms. The van der Waals surface area contributed by atoms with Gasteiger partial charge in [-0.3, -0.25) is 4.79 Å². The lowest BCUT2D eigenvalue weighted by molar-refractivity contribution is -0.0295. The smallest absolute Gasteiger partial charge is 0.265 e. The molecule has 0 saturated heterocycles. The van der Waals surface area contributed by atoms with E-state index in [0.717, 1.165) is 25.0 Å². The summed E-state index contributed by atoms with van der Waals surface area (Å²) in [6, 6.07) is 0. The molecule has 0 saturated carbocycles. The van der Waals surface area contributed by atoms with Gasteiger partial charge in [0.2, 0.25) is 0 Å². The number of nitrogens with one attached hydrogen (secondary N) is 1. The van der Waals surface area contributed by atoms with Crippen molar-refractivity contribution in [3.05, 3.63) is 26.3 Å². The topological polar surface area (TPSA) is 55.0 Å². The zero-order valence-electron chi connectivity index (χ0n) is 12.3. The third-order valence-electron chi connectivity index (χ3n) is 3.50. The predicted molar refractivity (Wildman–Crippen MR) is 80.4 cm³/mol. The number of hydrogen-bond donors (Lipinski definition) is 1. The molecule has 1 N–H and O–H groups in total. The number of methoxy groups -OCH3 is 1. The molecule has 0 fully saturated rings. The summed E-state index contributed by atoms with van der Waals surface area (Å²) >= 11 is 3.33. The summed E-state index contributed by atoms with van der Waals surface area (Å²) in [7, 11) is 1.66. The molecule has 0 atom stereocenters. The molecule has 108 valence electrons. The summed E-state index contributed by atoms with van der Waals surface area (Å²) < 4.78 is 6.16. The number of H-pyrrole nitrogens is 1. The van der Waals surface area contributed by atoms with Crippen LogP contribution in [0.3, 0.4) is 0 Å². The van der Waals surface area contributed by atoms with Crippen LogP contribution in [-0.4, -0.2) is 17.1 Å². The number of hydrogen-bond acceptors (Lipinski definition) is 3. The molecular weight excluding hydrogens is 308 g/mol. The van der Waals surface area contributed by atoms with Crippen LogP contribution < -0.4 is 5.56 Å². The minimum Gasteiger partial charge on any atom is -0.370 e. The van der Waals surface area contributed by atoms with Gasteiger partial charge in [0.1, 0.15) is 15.9 Å². The van der Waals surface area contributed by atoms with Crippen molar-refractivity contribution in [3.8, 4) is 0 Å². The first-order valence-electron chi connectivity index (χ1n) is 6.74. The average molecular weight is 331 g/mol. The van der Waals surface area contributed by atoms with Gasteiger partial charge < -0.3 is 9.72 Å². The van der Waals surface area contributed by atoms with Gasteiger partial charge in [0, 0.05) is 7.11 Å². The van der Waals surface area contributed by atoms with E-state index in [1.165, 1.54) is 0 Å². The second kappa shape index (κ2) is 6.66. The van der Waals surface area contributed by atoms with Gasteiger partial charge in [-0.05, 0) is 41.1 Å². The normalized spacial score (nSPS) is 12.2. The second-order valence-electron chi connectivity index (χ2n) is 5.18. The lowest BCUT2D eigenvalue weighted by atomic mass is 9.95. The minimum absolute atomic E-state index is 0.135. The maximum atomic E-state index is 12.0. The molecule has 4 nitrogen and oxygen atoms in total. The van der Waals surface area contributed by atoms with Crippen molar-refractivity contribution in [1.29, 1.82) is 0 Å². The van der Waals surface area contributed by atoms with Gasteiger partial charge in [-0.1, -0.05) is 27.7 Å². The molecule has 0 aliphatic carbocycles. The number of halogens is 1. The first kappa shape index (κ1) is 16.4. The Labute approximate surface area is 123 Å². The van der Waals surface area contributed by atoms with E-state index in [4.69, 9.17) is 4.74 Å². The molecule has 19 heavy (non-hydrogen) atoms. The molecular formula is C14H23BrN2O2. The van der Waals surface area contributed by atoms with Gasteiger partial charge in [-0.2, -0.15) is 0 Å². The number of ether oxygens (including phenoxy) is 1. The molecule has 5 heteroatoms. The maximum absolute atomic E-state index is 12.0. The number of nitrogens with zero attached hydrogens (tertiary/aromatic N) is 1. The summed E-state index contributed by atoms with van der Waals surface area (Å²) in [5.41, 5.74) is 0.159. The first-order chi connectivity index (χ1) is 8.90. The van der Waals surface area contributed by atoms with Crippen LogP contribution in [0.5, 0.6) is 0 Å². The van der Waals surface area contributed by atoms with Crippen LogP contribution in [-0.2, 0) is 16.8 Å². The van der Waals surface area contributed by atoms with E-state index in [1.54, 1.807) is 7.11 Å². The third kappa shape index (κ3) is 3.45. The third-order valence-corrected chi connectivity index (χ3v) is 4.32. The second-order valence-corrected chi connectivity index (χ2v) is 5.97. The summed E-state index contributed by atoms with van der Waals surface area (Å²) in [6.45, 7) is 8.30. The van der Waals surface area contributed by atoms with Crippen LogP contribution in [0, 0.1) is 5.92 Å². The highest BCUT2D eigenvalue weighted by Gasteiger charge is 2.31. The van der Waals surface area contributed by atoms with E-state index < -0.39 is 5.60 Å². The van der Waals surface area contributed by atoms with Crippen LogP contribution in [0.25, 0.3) is 0 Å². The van der Waals surface area contributed by atoms with Crippen LogP contribution >= 0.6 is 15.9 Å². The van der Waals surface area contributed by atoms with Gasteiger partial charge >= 0.3 is 0 Å². The Morgan fingerprint density at radius 3 is 2.37 bits per heavy atom. The molecule has 0 radical (unpaired) electrons. The highest BCUT2D eigenvalue weighted by atomic mass is 79.9. The van der Waals surface area contributed by atoms with Crippen molar-refractivity contribution in [3.63, 3.8) is 0 Å². The van der Waals surface area contributed by atoms with Crippen molar-refractivity contribution in [2.75, 3.05) is 7.11 Å². The monoisotopic (exact) mass is 330 g/mol. The van der Waals surface area contributed by atoms with E-state index in [-0.39, 0.29) is 5.56 Å². The summed E-state index contributed by atoms with van der Waals surface area (Å²) in [6.07, 6.45) is 2.31. The first-order valence-corrected chi connectivity index (χ1v) is 7.53. The van der Waals surface area contributed by atoms with Gasteiger partial charge in [0.25, 0.3) is 5.56 Å². The molecule has 0 aliphatic heterocycles. The van der Waals surface area contributed by atoms with Gasteiger partial charge in [0.15, 0.2) is 0 Å². The van der Waals surface area contributed by atoms with Crippen LogP contribution in [0.4, 0.5) is 0 Å². The molecule has 1 rings (SSSR count). The fraction of sp³-hybridized carbons (Fsp3) is 0.714.